The summed E-state index contributed by atoms with van der Waals surface area (Å²) in [4.78, 5) is 4.85. The second-order valence-corrected chi connectivity index (χ2v) is 5.54. The Morgan fingerprint density at radius 2 is 2.00 bits per heavy atom. The maximum Gasteiger partial charge on any atom is 0.113 e. The molecule has 1 aliphatic heterocycles. The standard InChI is InChI=1S/C18H19N3/c1-2-18-20-15-12-19-11-10-17(15)21(18)16-9-5-7-13-6-3-4-8-14(13)16/h3-9,19H,2,10-12H2,1H3. The second-order valence-electron chi connectivity index (χ2n) is 5.54. The average molecular weight is 277 g/mol. The first-order valence-corrected chi connectivity index (χ1v) is 7.66. The normalized spacial score (nSPS) is 14.3. The minimum absolute atomic E-state index is 0.889. The van der Waals surface area contributed by atoms with Gasteiger partial charge in [0.15, 0.2) is 0 Å². The number of benzene rings is 2. The zero-order valence-electron chi connectivity index (χ0n) is 12.3. The van der Waals surface area contributed by atoms with Crippen LogP contribution in [0.5, 0.6) is 0 Å². The Bertz CT molecular complexity index is 796. The fourth-order valence-electron chi connectivity index (χ4n) is 3.29. The molecule has 0 spiro atoms. The number of aryl methyl sites for hydroxylation is 1. The van der Waals surface area contributed by atoms with Gasteiger partial charge in [0.05, 0.1) is 11.4 Å². The van der Waals surface area contributed by atoms with E-state index < -0.39 is 0 Å². The van der Waals surface area contributed by atoms with Crippen molar-refractivity contribution in [1.29, 1.82) is 0 Å². The molecule has 3 nitrogen and oxygen atoms in total. The van der Waals surface area contributed by atoms with Gasteiger partial charge in [-0.15, -0.1) is 0 Å². The van der Waals surface area contributed by atoms with Crippen molar-refractivity contribution in [3.63, 3.8) is 0 Å². The molecule has 4 rings (SSSR count). The number of imidazole rings is 1. The molecule has 0 radical (unpaired) electrons. The molecule has 0 saturated heterocycles. The first-order valence-electron chi connectivity index (χ1n) is 7.66. The summed E-state index contributed by atoms with van der Waals surface area (Å²) in [6, 6.07) is 15.1. The van der Waals surface area contributed by atoms with Gasteiger partial charge in [-0.25, -0.2) is 4.98 Å². The number of nitrogens with one attached hydrogen (secondary N) is 1. The predicted molar refractivity (Wildman–Crippen MR) is 85.9 cm³/mol. The summed E-state index contributed by atoms with van der Waals surface area (Å²) >= 11 is 0. The lowest BCUT2D eigenvalue weighted by Gasteiger charge is -2.17. The highest BCUT2D eigenvalue weighted by molar-refractivity contribution is 5.90. The van der Waals surface area contributed by atoms with Gasteiger partial charge in [0.25, 0.3) is 0 Å². The Hall–Kier alpha value is -2.13. The van der Waals surface area contributed by atoms with Gasteiger partial charge < -0.3 is 5.32 Å². The first-order chi connectivity index (χ1) is 10.4. The quantitative estimate of drug-likeness (QED) is 0.779. The third-order valence-corrected chi connectivity index (χ3v) is 4.28. The molecule has 106 valence electrons. The molecule has 1 N–H and O–H groups in total. The van der Waals surface area contributed by atoms with E-state index in [1.54, 1.807) is 0 Å². The average Bonchev–Trinajstić information content (AvgIpc) is 2.92. The smallest absolute Gasteiger partial charge is 0.113 e. The molecular formula is C18H19N3. The molecule has 1 aromatic heterocycles. The first kappa shape index (κ1) is 12.6. The van der Waals surface area contributed by atoms with Crippen LogP contribution in [-0.2, 0) is 19.4 Å². The molecule has 0 saturated carbocycles. The second kappa shape index (κ2) is 5.01. The zero-order valence-corrected chi connectivity index (χ0v) is 12.3. The largest absolute Gasteiger partial charge is 0.311 e. The van der Waals surface area contributed by atoms with Crippen LogP contribution < -0.4 is 5.32 Å². The van der Waals surface area contributed by atoms with Gasteiger partial charge in [0.1, 0.15) is 5.82 Å². The lowest BCUT2D eigenvalue weighted by molar-refractivity contribution is 0.620. The number of hydrogen-bond acceptors (Lipinski definition) is 2. The number of aromatic nitrogens is 2. The molecule has 21 heavy (non-hydrogen) atoms. The summed E-state index contributed by atoms with van der Waals surface area (Å²) < 4.78 is 2.39. The van der Waals surface area contributed by atoms with Crippen LogP contribution in [-0.4, -0.2) is 16.1 Å². The molecule has 0 fully saturated rings. The van der Waals surface area contributed by atoms with Crippen LogP contribution in [0.15, 0.2) is 42.5 Å². The van der Waals surface area contributed by atoms with Crippen molar-refractivity contribution in [1.82, 2.24) is 14.9 Å². The molecule has 1 aliphatic rings. The summed E-state index contributed by atoms with van der Waals surface area (Å²) in [5.41, 5.74) is 3.86. The molecule has 0 bridgehead atoms. The predicted octanol–water partition coefficient (Wildman–Crippen LogP) is 3.23. The van der Waals surface area contributed by atoms with E-state index in [1.165, 1.54) is 33.7 Å². The van der Waals surface area contributed by atoms with Crippen molar-refractivity contribution in [2.75, 3.05) is 6.54 Å². The number of fused-ring (bicyclic) bond motifs is 2. The van der Waals surface area contributed by atoms with Crippen LogP contribution >= 0.6 is 0 Å². The topological polar surface area (TPSA) is 29.9 Å². The van der Waals surface area contributed by atoms with Gasteiger partial charge in [-0.1, -0.05) is 43.3 Å². The maximum atomic E-state index is 4.85. The summed E-state index contributed by atoms with van der Waals surface area (Å²) in [6.07, 6.45) is 2.00. The molecular weight excluding hydrogens is 258 g/mol. The van der Waals surface area contributed by atoms with Crippen LogP contribution in [0.2, 0.25) is 0 Å². The Balaban J connectivity index is 2.02. The zero-order chi connectivity index (χ0) is 14.2. The molecule has 3 aromatic rings. The van der Waals surface area contributed by atoms with Crippen molar-refractivity contribution in [2.45, 2.75) is 26.3 Å². The van der Waals surface area contributed by atoms with Crippen LogP contribution in [0.3, 0.4) is 0 Å². The van der Waals surface area contributed by atoms with Gasteiger partial charge >= 0.3 is 0 Å². The molecule has 2 heterocycles. The number of rotatable bonds is 2. The maximum absolute atomic E-state index is 4.85. The van der Waals surface area contributed by atoms with Crippen LogP contribution in [0.25, 0.3) is 16.5 Å². The molecule has 3 heteroatoms. The molecule has 2 aromatic carbocycles. The van der Waals surface area contributed by atoms with Gasteiger partial charge in [-0.3, -0.25) is 4.57 Å². The van der Waals surface area contributed by atoms with E-state index in [2.05, 4.69) is 59.3 Å². The fraction of sp³-hybridized carbons (Fsp3) is 0.278. The van der Waals surface area contributed by atoms with Crippen LogP contribution in [0.1, 0.15) is 24.1 Å². The molecule has 0 aliphatic carbocycles. The van der Waals surface area contributed by atoms with Crippen LogP contribution in [0.4, 0.5) is 0 Å². The molecule has 0 amide bonds. The van der Waals surface area contributed by atoms with E-state index in [4.69, 9.17) is 4.98 Å². The summed E-state index contributed by atoms with van der Waals surface area (Å²) in [6.45, 7) is 4.11. The van der Waals surface area contributed by atoms with Crippen LogP contribution in [0, 0.1) is 0 Å². The van der Waals surface area contributed by atoms with Crippen molar-refractivity contribution in [2.24, 2.45) is 0 Å². The van der Waals surface area contributed by atoms with E-state index in [0.717, 1.165) is 25.9 Å². The fourth-order valence-corrected chi connectivity index (χ4v) is 3.29. The lowest BCUT2D eigenvalue weighted by Crippen LogP contribution is -2.24. The van der Waals surface area contributed by atoms with Gasteiger partial charge in [-0.2, -0.15) is 0 Å². The molecule has 0 unspecified atom stereocenters. The summed E-state index contributed by atoms with van der Waals surface area (Å²) in [5, 5.41) is 6.00. The number of hydrogen-bond donors (Lipinski definition) is 1. The minimum atomic E-state index is 0.889. The SMILES string of the molecule is CCc1nc2c(n1-c1cccc3ccccc13)CCNC2. The van der Waals surface area contributed by atoms with Crippen molar-refractivity contribution in [3.05, 3.63) is 59.7 Å². The lowest BCUT2D eigenvalue weighted by atomic mass is 10.1. The summed E-state index contributed by atoms with van der Waals surface area (Å²) in [7, 11) is 0. The highest BCUT2D eigenvalue weighted by Crippen LogP contribution is 2.27. The minimum Gasteiger partial charge on any atom is -0.311 e. The van der Waals surface area contributed by atoms with Gasteiger partial charge in [-0.05, 0) is 11.5 Å². The highest BCUT2D eigenvalue weighted by atomic mass is 15.1. The third-order valence-electron chi connectivity index (χ3n) is 4.28. The Kier molecular flexibility index (Phi) is 3.00. The van der Waals surface area contributed by atoms with Crippen molar-refractivity contribution >= 4 is 10.8 Å². The Labute approximate surface area is 124 Å². The van der Waals surface area contributed by atoms with Crippen molar-refractivity contribution < 1.29 is 0 Å². The van der Waals surface area contributed by atoms with E-state index >= 15 is 0 Å². The summed E-state index contributed by atoms with van der Waals surface area (Å²) in [5.74, 6) is 1.17. The van der Waals surface area contributed by atoms with E-state index in [9.17, 15) is 0 Å². The van der Waals surface area contributed by atoms with Gasteiger partial charge in [0.2, 0.25) is 0 Å². The third kappa shape index (κ3) is 1.96. The molecule has 0 atom stereocenters. The number of nitrogens with zero attached hydrogens (tertiary/aromatic N) is 2. The highest BCUT2D eigenvalue weighted by Gasteiger charge is 2.20. The van der Waals surface area contributed by atoms with Crippen molar-refractivity contribution in [3.8, 4) is 5.69 Å². The van der Waals surface area contributed by atoms with Gasteiger partial charge in [0, 0.05) is 37.0 Å². The van der Waals surface area contributed by atoms with E-state index in [-0.39, 0.29) is 0 Å². The van der Waals surface area contributed by atoms with E-state index in [0.29, 0.717) is 0 Å². The van der Waals surface area contributed by atoms with E-state index in [1.807, 2.05) is 0 Å². The Morgan fingerprint density at radius 3 is 2.90 bits per heavy atom. The monoisotopic (exact) mass is 277 g/mol. The Morgan fingerprint density at radius 1 is 1.14 bits per heavy atom.